The Bertz CT molecular complexity index is 2520. The molecule has 0 aliphatic rings. The quantitative estimate of drug-likeness (QED) is 0.207. The van der Waals surface area contributed by atoms with E-state index in [9.17, 15) is 0 Å². The molecule has 0 heterocycles. The predicted octanol–water partition coefficient (Wildman–Crippen LogP) is 11.3. The van der Waals surface area contributed by atoms with Crippen LogP contribution in [-0.2, 0) is 0 Å². The van der Waals surface area contributed by atoms with Gasteiger partial charge in [-0.15, -0.1) is 0 Å². The summed E-state index contributed by atoms with van der Waals surface area (Å²) in [6.45, 7) is 0. The molecule has 8 rings (SSSR count). The summed E-state index contributed by atoms with van der Waals surface area (Å²) in [5.74, 6) is 0. The van der Waals surface area contributed by atoms with Crippen LogP contribution in [0.4, 0.5) is 0 Å². The van der Waals surface area contributed by atoms with E-state index in [0.717, 1.165) is 49.2 Å². The zero-order chi connectivity index (χ0) is 31.7. The van der Waals surface area contributed by atoms with E-state index in [1.54, 1.807) is 6.07 Å². The zero-order valence-electron chi connectivity index (χ0n) is 27.5. The molecule has 0 spiro atoms. The lowest BCUT2D eigenvalue weighted by Crippen LogP contribution is -1.92. The van der Waals surface area contributed by atoms with Gasteiger partial charge in [-0.3, -0.25) is 0 Å². The van der Waals surface area contributed by atoms with Crippen LogP contribution in [0.5, 0.6) is 0 Å². The lowest BCUT2D eigenvalue weighted by Gasteiger charge is -2.19. The van der Waals surface area contributed by atoms with Gasteiger partial charge < -0.3 is 0 Å². The first-order valence-corrected chi connectivity index (χ1v) is 13.4. The molecule has 0 saturated carbocycles. The molecule has 0 aliphatic carbocycles. The van der Waals surface area contributed by atoms with Crippen LogP contribution >= 0.6 is 0 Å². The summed E-state index contributed by atoms with van der Waals surface area (Å²) in [5.41, 5.74) is 4.78. The lowest BCUT2D eigenvalue weighted by atomic mass is 9.84. The second kappa shape index (κ2) is 9.22. The fraction of sp³-hybridized carbons (Fsp3) is 0. The van der Waals surface area contributed by atoms with Crippen LogP contribution in [0.3, 0.4) is 0 Å². The molecule has 0 fully saturated rings. The molecule has 0 atom stereocenters. The van der Waals surface area contributed by atoms with E-state index in [4.69, 9.17) is 8.22 Å². The summed E-state index contributed by atoms with van der Waals surface area (Å²) >= 11 is 0. The van der Waals surface area contributed by atoms with Crippen LogP contribution < -0.4 is 0 Å². The minimum absolute atomic E-state index is 0.106. The van der Waals surface area contributed by atoms with Crippen LogP contribution in [0.1, 0.15) is 8.22 Å². The Morgan fingerprint density at radius 1 is 0.350 bits per heavy atom. The Balaban J connectivity index is 1.49. The molecule has 0 unspecified atom stereocenters. The van der Waals surface area contributed by atoms with Crippen molar-refractivity contribution in [2.24, 2.45) is 0 Å². The Morgan fingerprint density at radius 2 is 0.950 bits per heavy atom. The van der Waals surface area contributed by atoms with Crippen LogP contribution in [0.2, 0.25) is 0 Å². The van der Waals surface area contributed by atoms with Gasteiger partial charge in [-0.25, -0.2) is 0 Å². The van der Waals surface area contributed by atoms with Crippen molar-refractivity contribution in [3.63, 3.8) is 0 Å². The second-order valence-corrected chi connectivity index (χ2v) is 10.0. The highest BCUT2D eigenvalue weighted by Gasteiger charge is 2.18. The molecule has 0 N–H and O–H groups in total. The van der Waals surface area contributed by atoms with Crippen molar-refractivity contribution in [1.82, 2.24) is 0 Å². The number of rotatable bonds is 3. The van der Waals surface area contributed by atoms with Gasteiger partial charge in [0, 0.05) is 0 Å². The summed E-state index contributed by atoms with van der Waals surface area (Å²) in [6, 6.07) is 39.3. The largest absolute Gasteiger partial charge is 0.0629 e. The third-order valence-electron chi connectivity index (χ3n) is 7.84. The third kappa shape index (κ3) is 3.54. The van der Waals surface area contributed by atoms with Crippen molar-refractivity contribution in [2.45, 2.75) is 0 Å². The molecule has 0 aromatic heterocycles. The Hall–Kier alpha value is -5.20. The number of hydrogen-bond donors (Lipinski definition) is 0. The lowest BCUT2D eigenvalue weighted by molar-refractivity contribution is 1.65. The van der Waals surface area contributed by atoms with Crippen LogP contribution in [0.15, 0.2) is 158 Å². The average Bonchev–Trinajstić information content (AvgIpc) is 3.09. The van der Waals surface area contributed by atoms with Crippen LogP contribution in [0.25, 0.3) is 76.5 Å². The number of fused-ring (bicyclic) bond motifs is 4. The predicted molar refractivity (Wildman–Crippen MR) is 173 cm³/mol. The van der Waals surface area contributed by atoms with E-state index in [2.05, 4.69) is 72.8 Å². The van der Waals surface area contributed by atoms with Gasteiger partial charge in [0.2, 0.25) is 0 Å². The maximum Gasteiger partial charge on any atom is 0.0629 e. The monoisotopic (exact) mass is 512 g/mol. The molecule has 186 valence electrons. The average molecular weight is 513 g/mol. The summed E-state index contributed by atoms with van der Waals surface area (Å²) in [4.78, 5) is 0. The van der Waals surface area contributed by atoms with Gasteiger partial charge in [0.05, 0.1) is 8.22 Å². The molecule has 8 aromatic rings. The SMILES string of the molecule is [2H]c1c([2H])c([2H])c(-c2c3ccccc3c(-c3cccc4c(-c5ccc6ccccc6c5)cccc34)c3cccc([2H])c23)c([2H])c1[2H]. The Labute approximate surface area is 242 Å². The fourth-order valence-corrected chi connectivity index (χ4v) is 6.11. The van der Waals surface area contributed by atoms with Crippen LogP contribution in [0, 0.1) is 0 Å². The summed E-state index contributed by atoms with van der Waals surface area (Å²) in [7, 11) is 0. The van der Waals surface area contributed by atoms with Crippen molar-refractivity contribution in [3.8, 4) is 33.4 Å². The summed E-state index contributed by atoms with van der Waals surface area (Å²) < 4.78 is 51.8. The van der Waals surface area contributed by atoms with Gasteiger partial charge >= 0.3 is 0 Å². The third-order valence-corrected chi connectivity index (χ3v) is 7.84. The van der Waals surface area contributed by atoms with E-state index in [1.807, 2.05) is 42.5 Å². The van der Waals surface area contributed by atoms with Crippen molar-refractivity contribution in [1.29, 1.82) is 0 Å². The number of benzene rings is 8. The Morgan fingerprint density at radius 3 is 1.75 bits per heavy atom. The van der Waals surface area contributed by atoms with E-state index >= 15 is 0 Å². The molecular formula is C40H26. The first kappa shape index (κ1) is 17.4. The molecule has 0 heteroatoms. The van der Waals surface area contributed by atoms with Crippen LogP contribution in [-0.4, -0.2) is 0 Å². The van der Waals surface area contributed by atoms with Gasteiger partial charge in [-0.2, -0.15) is 0 Å². The highest BCUT2D eigenvalue weighted by molar-refractivity contribution is 6.24. The number of hydrogen-bond acceptors (Lipinski definition) is 0. The summed E-state index contributed by atoms with van der Waals surface area (Å²) in [6.07, 6.45) is 0. The first-order chi connectivity index (χ1) is 22.3. The topological polar surface area (TPSA) is 0 Å². The van der Waals surface area contributed by atoms with Crippen molar-refractivity contribution in [2.75, 3.05) is 0 Å². The van der Waals surface area contributed by atoms with Gasteiger partial charge in [-0.1, -0.05) is 152 Å². The highest BCUT2D eigenvalue weighted by atomic mass is 14.2. The van der Waals surface area contributed by atoms with E-state index in [1.165, 1.54) is 10.8 Å². The molecule has 0 amide bonds. The molecule has 0 radical (unpaired) electrons. The maximum atomic E-state index is 9.10. The molecule has 0 saturated heterocycles. The molecular weight excluding hydrogens is 480 g/mol. The zero-order valence-corrected chi connectivity index (χ0v) is 21.5. The standard InChI is InChI=1S/C40H26/c1-2-13-28(14-3-1)39-35-16-6-8-18-37(35)40(38-19-9-7-17-36(38)39)34-23-11-21-32-31(20-10-22-33(32)34)30-25-24-27-12-4-5-15-29(27)26-30/h1-26H/i1D,2D,3D,13D,14D,16D. The minimum Gasteiger partial charge on any atom is -0.0622 e. The van der Waals surface area contributed by atoms with E-state index in [0.29, 0.717) is 10.9 Å². The van der Waals surface area contributed by atoms with Crippen molar-refractivity contribution < 1.29 is 8.22 Å². The molecule has 8 aromatic carbocycles. The minimum atomic E-state index is -0.437. The normalized spacial score (nSPS) is 13.6. The molecule has 0 aliphatic heterocycles. The summed E-state index contributed by atoms with van der Waals surface area (Å²) in [5, 5.41) is 7.48. The van der Waals surface area contributed by atoms with Gasteiger partial charge in [0.15, 0.2) is 0 Å². The van der Waals surface area contributed by atoms with Gasteiger partial charge in [0.1, 0.15) is 0 Å². The second-order valence-electron chi connectivity index (χ2n) is 10.0. The van der Waals surface area contributed by atoms with E-state index < -0.39 is 18.1 Å². The first-order valence-electron chi connectivity index (χ1n) is 16.4. The highest BCUT2D eigenvalue weighted by Crippen LogP contribution is 2.46. The fourth-order valence-electron chi connectivity index (χ4n) is 6.11. The van der Waals surface area contributed by atoms with Crippen molar-refractivity contribution >= 4 is 43.1 Å². The van der Waals surface area contributed by atoms with Crippen molar-refractivity contribution in [3.05, 3.63) is 158 Å². The Kier molecular flexibility index (Phi) is 4.01. The molecule has 0 bridgehead atoms. The smallest absolute Gasteiger partial charge is 0.0622 e. The molecule has 40 heavy (non-hydrogen) atoms. The van der Waals surface area contributed by atoms with Gasteiger partial charge in [-0.05, 0) is 82.5 Å². The van der Waals surface area contributed by atoms with Gasteiger partial charge in [0.25, 0.3) is 0 Å². The van der Waals surface area contributed by atoms with E-state index in [-0.39, 0.29) is 23.7 Å². The maximum absolute atomic E-state index is 9.10. The molecule has 0 nitrogen and oxygen atoms in total.